The van der Waals surface area contributed by atoms with Gasteiger partial charge in [0.05, 0.1) is 6.54 Å². The van der Waals surface area contributed by atoms with Crippen LogP contribution in [0, 0.1) is 5.92 Å². The molecule has 0 saturated heterocycles. The van der Waals surface area contributed by atoms with E-state index in [0.29, 0.717) is 12.5 Å². The molecule has 16 heavy (non-hydrogen) atoms. The quantitative estimate of drug-likeness (QED) is 0.515. The topological polar surface area (TPSA) is 93.4 Å². The van der Waals surface area contributed by atoms with E-state index in [1.165, 1.54) is 7.11 Å². The van der Waals surface area contributed by atoms with Crippen molar-refractivity contribution in [2.24, 2.45) is 11.7 Å². The molecule has 0 spiro atoms. The molecule has 6 nitrogen and oxygen atoms in total. The van der Waals surface area contributed by atoms with Crippen LogP contribution in [-0.4, -0.2) is 44.7 Å². The summed E-state index contributed by atoms with van der Waals surface area (Å²) in [6.07, 6.45) is -0.696. The fourth-order valence-corrected chi connectivity index (χ4v) is 0.972. The number of carbonyl (C=O) groups is 2. The van der Waals surface area contributed by atoms with Gasteiger partial charge < -0.3 is 21.1 Å². The van der Waals surface area contributed by atoms with Crippen molar-refractivity contribution in [2.45, 2.75) is 20.0 Å². The third-order valence-electron chi connectivity index (χ3n) is 1.92. The summed E-state index contributed by atoms with van der Waals surface area (Å²) in [4.78, 5) is 22.6. The first kappa shape index (κ1) is 14.9. The Morgan fingerprint density at radius 2 is 1.94 bits per heavy atom. The van der Waals surface area contributed by atoms with Gasteiger partial charge in [0.1, 0.15) is 6.10 Å². The van der Waals surface area contributed by atoms with E-state index in [1.807, 2.05) is 13.8 Å². The van der Waals surface area contributed by atoms with Gasteiger partial charge in [0.25, 0.3) is 5.91 Å². The van der Waals surface area contributed by atoms with Gasteiger partial charge in [0.15, 0.2) is 0 Å². The van der Waals surface area contributed by atoms with Crippen LogP contribution in [0.3, 0.4) is 0 Å². The number of carbonyl (C=O) groups excluding carboxylic acids is 2. The van der Waals surface area contributed by atoms with Gasteiger partial charge in [0, 0.05) is 20.2 Å². The molecule has 0 aromatic rings. The predicted molar refractivity (Wildman–Crippen MR) is 60.7 cm³/mol. The molecular formula is C10H21N3O3. The summed E-state index contributed by atoms with van der Waals surface area (Å²) in [6, 6.07) is 0. The Morgan fingerprint density at radius 3 is 2.38 bits per heavy atom. The molecule has 0 radical (unpaired) electrons. The monoisotopic (exact) mass is 231 g/mol. The molecular weight excluding hydrogens is 210 g/mol. The van der Waals surface area contributed by atoms with E-state index in [1.54, 1.807) is 0 Å². The second-order valence-electron chi connectivity index (χ2n) is 3.88. The van der Waals surface area contributed by atoms with Crippen LogP contribution < -0.4 is 16.4 Å². The van der Waals surface area contributed by atoms with E-state index >= 15 is 0 Å². The van der Waals surface area contributed by atoms with Gasteiger partial charge >= 0.3 is 0 Å². The largest absolute Gasteiger partial charge is 0.370 e. The summed E-state index contributed by atoms with van der Waals surface area (Å²) < 4.78 is 4.82. The standard InChI is InChI=1S/C10H21N3O3/c1-7(2)5-12-9(14)6-13-10(15)8(4-11)16-3/h7-8H,4-6,11H2,1-3H3,(H,12,14)(H,13,15). The highest BCUT2D eigenvalue weighted by Crippen LogP contribution is 1.88. The van der Waals surface area contributed by atoms with E-state index in [2.05, 4.69) is 10.6 Å². The van der Waals surface area contributed by atoms with Crippen LogP contribution in [0.5, 0.6) is 0 Å². The van der Waals surface area contributed by atoms with E-state index < -0.39 is 6.10 Å². The number of nitrogens with two attached hydrogens (primary N) is 1. The second kappa shape index (κ2) is 8.06. The van der Waals surface area contributed by atoms with Gasteiger partial charge in [-0.3, -0.25) is 9.59 Å². The normalized spacial score (nSPS) is 12.3. The number of amides is 2. The Hall–Kier alpha value is -1.14. The molecule has 0 fully saturated rings. The Kier molecular flexibility index (Phi) is 7.49. The lowest BCUT2D eigenvalue weighted by molar-refractivity contribution is -0.132. The summed E-state index contributed by atoms with van der Waals surface area (Å²) >= 11 is 0. The van der Waals surface area contributed by atoms with E-state index in [0.717, 1.165) is 0 Å². The number of nitrogens with one attached hydrogen (secondary N) is 2. The molecule has 1 unspecified atom stereocenters. The first-order valence-corrected chi connectivity index (χ1v) is 5.28. The van der Waals surface area contributed by atoms with Crippen LogP contribution in [0.1, 0.15) is 13.8 Å². The maximum atomic E-state index is 11.4. The lowest BCUT2D eigenvalue weighted by atomic mass is 10.2. The SMILES string of the molecule is COC(CN)C(=O)NCC(=O)NCC(C)C. The van der Waals surface area contributed by atoms with Crippen molar-refractivity contribution in [3.05, 3.63) is 0 Å². The number of rotatable bonds is 7. The smallest absolute Gasteiger partial charge is 0.250 e. The highest BCUT2D eigenvalue weighted by atomic mass is 16.5. The van der Waals surface area contributed by atoms with Crippen LogP contribution in [0.2, 0.25) is 0 Å². The summed E-state index contributed by atoms with van der Waals surface area (Å²) in [7, 11) is 1.40. The van der Waals surface area contributed by atoms with Crippen molar-refractivity contribution in [3.63, 3.8) is 0 Å². The molecule has 0 aliphatic carbocycles. The molecule has 6 heteroatoms. The predicted octanol–water partition coefficient (Wildman–Crippen LogP) is -1.15. The van der Waals surface area contributed by atoms with Crippen molar-refractivity contribution in [1.82, 2.24) is 10.6 Å². The maximum absolute atomic E-state index is 11.4. The zero-order chi connectivity index (χ0) is 12.6. The zero-order valence-electron chi connectivity index (χ0n) is 10.1. The Labute approximate surface area is 95.9 Å². The van der Waals surface area contributed by atoms with Crippen LogP contribution in [-0.2, 0) is 14.3 Å². The minimum Gasteiger partial charge on any atom is -0.370 e. The molecule has 0 aliphatic heterocycles. The molecule has 0 saturated carbocycles. The maximum Gasteiger partial charge on any atom is 0.250 e. The zero-order valence-corrected chi connectivity index (χ0v) is 10.1. The Balaban J connectivity index is 3.78. The van der Waals surface area contributed by atoms with Crippen LogP contribution in [0.4, 0.5) is 0 Å². The minimum atomic E-state index is -0.696. The van der Waals surface area contributed by atoms with Gasteiger partial charge in [-0.15, -0.1) is 0 Å². The number of hydrogen-bond acceptors (Lipinski definition) is 4. The number of ether oxygens (including phenoxy) is 1. The summed E-state index contributed by atoms with van der Waals surface area (Å²) in [5, 5.41) is 5.14. The molecule has 0 rings (SSSR count). The number of methoxy groups -OCH3 is 1. The lowest BCUT2D eigenvalue weighted by Crippen LogP contribution is -2.45. The molecule has 0 heterocycles. The van der Waals surface area contributed by atoms with Crippen molar-refractivity contribution in [2.75, 3.05) is 26.7 Å². The van der Waals surface area contributed by atoms with Crippen LogP contribution >= 0.6 is 0 Å². The summed E-state index contributed by atoms with van der Waals surface area (Å²) in [5.74, 6) is -0.200. The van der Waals surface area contributed by atoms with Gasteiger partial charge in [-0.05, 0) is 5.92 Å². The average molecular weight is 231 g/mol. The van der Waals surface area contributed by atoms with Crippen molar-refractivity contribution >= 4 is 11.8 Å². The highest BCUT2D eigenvalue weighted by molar-refractivity contribution is 5.86. The third kappa shape index (κ3) is 6.36. The van der Waals surface area contributed by atoms with Crippen molar-refractivity contribution < 1.29 is 14.3 Å². The minimum absolute atomic E-state index is 0.0502. The fraction of sp³-hybridized carbons (Fsp3) is 0.800. The Bertz CT molecular complexity index is 227. The summed E-state index contributed by atoms with van der Waals surface area (Å²) in [6.45, 7) is 4.63. The van der Waals surface area contributed by atoms with E-state index in [4.69, 9.17) is 10.5 Å². The van der Waals surface area contributed by atoms with Gasteiger partial charge in [-0.1, -0.05) is 13.8 Å². The molecule has 0 aliphatic rings. The van der Waals surface area contributed by atoms with Crippen LogP contribution in [0.15, 0.2) is 0 Å². The van der Waals surface area contributed by atoms with Crippen molar-refractivity contribution in [3.8, 4) is 0 Å². The van der Waals surface area contributed by atoms with Crippen molar-refractivity contribution in [1.29, 1.82) is 0 Å². The molecule has 2 amide bonds. The first-order chi connectivity index (χ1) is 7.51. The number of hydrogen-bond donors (Lipinski definition) is 3. The van der Waals surface area contributed by atoms with Crippen LogP contribution in [0.25, 0.3) is 0 Å². The second-order valence-corrected chi connectivity index (χ2v) is 3.88. The van der Waals surface area contributed by atoms with Gasteiger partial charge in [-0.25, -0.2) is 0 Å². The lowest BCUT2D eigenvalue weighted by Gasteiger charge is -2.13. The molecule has 4 N–H and O–H groups in total. The Morgan fingerprint density at radius 1 is 1.31 bits per heavy atom. The molecule has 0 bridgehead atoms. The first-order valence-electron chi connectivity index (χ1n) is 5.28. The highest BCUT2D eigenvalue weighted by Gasteiger charge is 2.15. The van der Waals surface area contributed by atoms with E-state index in [-0.39, 0.29) is 24.9 Å². The molecule has 94 valence electrons. The fourth-order valence-electron chi connectivity index (χ4n) is 0.972. The third-order valence-corrected chi connectivity index (χ3v) is 1.92. The molecule has 1 atom stereocenters. The summed E-state index contributed by atoms with van der Waals surface area (Å²) in [5.41, 5.74) is 5.30. The molecule has 0 aromatic heterocycles. The average Bonchev–Trinajstić information content (AvgIpc) is 2.25. The molecule has 0 aromatic carbocycles. The van der Waals surface area contributed by atoms with Gasteiger partial charge in [-0.2, -0.15) is 0 Å². The van der Waals surface area contributed by atoms with E-state index in [9.17, 15) is 9.59 Å². The van der Waals surface area contributed by atoms with Gasteiger partial charge in [0.2, 0.25) is 5.91 Å².